The van der Waals surface area contributed by atoms with Crippen molar-refractivity contribution >= 4 is 10.8 Å². The van der Waals surface area contributed by atoms with Crippen molar-refractivity contribution in [1.29, 1.82) is 0 Å². The summed E-state index contributed by atoms with van der Waals surface area (Å²) in [6, 6.07) is 0. The number of rotatable bonds is 8. The van der Waals surface area contributed by atoms with E-state index in [4.69, 9.17) is 0 Å². The molecule has 2 N–H and O–H groups in total. The topological polar surface area (TPSA) is 52.6 Å². The van der Waals surface area contributed by atoms with Crippen molar-refractivity contribution in [2.24, 2.45) is 51.2 Å². The number of aliphatic hydroxyl groups is 1. The normalized spacial score (nSPS) is 46.0. The average molecular weight is 667 g/mol. The van der Waals surface area contributed by atoms with Crippen molar-refractivity contribution < 1.29 is 9.32 Å². The van der Waals surface area contributed by atoms with Gasteiger partial charge >= 0.3 is 0 Å². The molecule has 7 rings (SSSR count). The molecule has 9 unspecified atom stereocenters. The molecule has 6 aliphatic carbocycles. The molecular weight excluding hydrogens is 597 g/mol. The number of likely N-dealkylation sites (tertiary alicyclic amines) is 1. The lowest BCUT2D eigenvalue weighted by Gasteiger charge is -2.68. The first-order chi connectivity index (χ1) is 22.4. The van der Waals surface area contributed by atoms with Crippen molar-refractivity contribution in [1.82, 2.24) is 10.2 Å². The van der Waals surface area contributed by atoms with E-state index >= 15 is 0 Å². The van der Waals surface area contributed by atoms with Crippen LogP contribution >= 0.6 is 0 Å². The first-order valence-electron chi connectivity index (χ1n) is 20.2. The summed E-state index contributed by atoms with van der Waals surface area (Å²) in [4.78, 5) is 2.64. The third-order valence-electron chi connectivity index (χ3n) is 16.9. The lowest BCUT2D eigenvalue weighted by molar-refractivity contribution is -0.175. The van der Waals surface area contributed by atoms with Crippen LogP contribution in [0.4, 0.5) is 0 Å². The van der Waals surface area contributed by atoms with E-state index in [1.54, 1.807) is 11.1 Å². The van der Waals surface area contributed by atoms with Gasteiger partial charge in [-0.15, -0.1) is 0 Å². The maximum atomic E-state index is 12.0. The van der Waals surface area contributed by atoms with Gasteiger partial charge in [-0.1, -0.05) is 53.2 Å². The van der Waals surface area contributed by atoms with Crippen LogP contribution in [0.25, 0.3) is 0 Å². The molecule has 0 aromatic heterocycles. The standard InChI is InChI=1S/C42H70N2O2S/c1-38(2)33(30-11-19-39(3,20-12-30)24-29-45)13-21-41(5)36(38)15-22-40(4)34-14-23-42(18-7-8-35(42)32(34)9-10-37(40)41)43-25-28-44-26-16-31(17-27-44)47(6)46/h11,13,31-32,34-37,43,45H,7-10,12,14-29H2,1-6H3/t32?,34?,35-,36?,37?,39?,40?,41?,42?,47?/m1/s1. The smallest absolute Gasteiger partial charge is 0.0436 e. The van der Waals surface area contributed by atoms with Crippen LogP contribution in [-0.4, -0.2) is 64.0 Å². The van der Waals surface area contributed by atoms with Crippen LogP contribution in [-0.2, 0) is 10.8 Å². The third-order valence-corrected chi connectivity index (χ3v) is 18.3. The molecule has 0 aromatic rings. The van der Waals surface area contributed by atoms with Crippen molar-refractivity contribution in [3.05, 3.63) is 23.3 Å². The van der Waals surface area contributed by atoms with Crippen LogP contribution in [0.5, 0.6) is 0 Å². The van der Waals surface area contributed by atoms with Crippen LogP contribution < -0.4 is 5.32 Å². The van der Waals surface area contributed by atoms with Crippen LogP contribution in [0.15, 0.2) is 23.3 Å². The SMILES string of the molecule is CS(=O)C1CCN(CCNC23CCC[C@@H]2C2CCC4C(C)(CCC5C(C)(C)C(C6=CCC(C)(CCO)CC6)=CCC54C)C2CC3)CC1. The van der Waals surface area contributed by atoms with E-state index in [1.165, 1.54) is 77.0 Å². The van der Waals surface area contributed by atoms with Gasteiger partial charge in [-0.3, -0.25) is 4.21 Å². The summed E-state index contributed by atoms with van der Waals surface area (Å²) in [5.41, 5.74) is 5.13. The van der Waals surface area contributed by atoms with Gasteiger partial charge in [0.15, 0.2) is 0 Å². The fourth-order valence-electron chi connectivity index (χ4n) is 14.4. The Morgan fingerprint density at radius 1 is 0.851 bits per heavy atom. The van der Waals surface area contributed by atoms with Gasteiger partial charge in [0.05, 0.1) is 0 Å². The van der Waals surface area contributed by atoms with E-state index < -0.39 is 10.8 Å². The van der Waals surface area contributed by atoms with Crippen molar-refractivity contribution in [2.75, 3.05) is 39.0 Å². The van der Waals surface area contributed by atoms with Gasteiger partial charge in [-0.2, -0.15) is 0 Å². The van der Waals surface area contributed by atoms with E-state index in [2.05, 4.69) is 57.0 Å². The van der Waals surface area contributed by atoms with Crippen LogP contribution in [0.2, 0.25) is 0 Å². The second-order valence-electron chi connectivity index (χ2n) is 19.4. The highest BCUT2D eigenvalue weighted by molar-refractivity contribution is 7.84. The van der Waals surface area contributed by atoms with Crippen LogP contribution in [0.1, 0.15) is 137 Å². The molecule has 0 spiro atoms. The van der Waals surface area contributed by atoms with Gasteiger partial charge in [-0.05, 0) is 172 Å². The molecule has 4 saturated carbocycles. The molecule has 0 aromatic carbocycles. The molecule has 4 nitrogen and oxygen atoms in total. The highest BCUT2D eigenvalue weighted by Gasteiger charge is 2.65. The summed E-state index contributed by atoms with van der Waals surface area (Å²) in [6.45, 7) is 18.0. The molecule has 0 radical (unpaired) electrons. The van der Waals surface area contributed by atoms with E-state index in [1.807, 2.05) is 6.26 Å². The summed E-state index contributed by atoms with van der Waals surface area (Å²) in [5, 5.41) is 14.3. The quantitative estimate of drug-likeness (QED) is 0.272. The molecule has 0 amide bonds. The summed E-state index contributed by atoms with van der Waals surface area (Å²) in [7, 11) is -0.661. The maximum absolute atomic E-state index is 12.0. The minimum absolute atomic E-state index is 0.238. The van der Waals surface area contributed by atoms with Gasteiger partial charge < -0.3 is 15.3 Å². The maximum Gasteiger partial charge on any atom is 0.0436 e. The Labute approximate surface area is 291 Å². The minimum atomic E-state index is -0.661. The summed E-state index contributed by atoms with van der Waals surface area (Å²) < 4.78 is 12.0. The predicted octanol–water partition coefficient (Wildman–Crippen LogP) is 8.67. The van der Waals surface area contributed by atoms with Gasteiger partial charge in [0.25, 0.3) is 0 Å². The molecular formula is C42H70N2O2S. The van der Waals surface area contributed by atoms with E-state index in [0.29, 0.717) is 28.2 Å². The van der Waals surface area contributed by atoms with E-state index in [-0.39, 0.29) is 10.8 Å². The Balaban J connectivity index is 1.04. The number of nitrogens with zero attached hydrogens (tertiary/aromatic N) is 1. The Morgan fingerprint density at radius 2 is 1.64 bits per heavy atom. The molecule has 266 valence electrons. The molecule has 10 atom stereocenters. The van der Waals surface area contributed by atoms with Gasteiger partial charge in [0.2, 0.25) is 0 Å². The monoisotopic (exact) mass is 667 g/mol. The molecule has 7 aliphatic rings. The zero-order valence-electron chi connectivity index (χ0n) is 31.2. The second kappa shape index (κ2) is 12.9. The number of hydrogen-bond acceptors (Lipinski definition) is 4. The lowest BCUT2D eigenvalue weighted by atomic mass is 9.37. The van der Waals surface area contributed by atoms with Gasteiger partial charge in [0, 0.05) is 47.5 Å². The summed E-state index contributed by atoms with van der Waals surface area (Å²) in [5.74, 6) is 4.32. The first-order valence-corrected chi connectivity index (χ1v) is 21.8. The first kappa shape index (κ1) is 34.9. The van der Waals surface area contributed by atoms with Crippen molar-refractivity contribution in [3.8, 4) is 0 Å². The summed E-state index contributed by atoms with van der Waals surface area (Å²) >= 11 is 0. The molecule has 1 heterocycles. The number of nitrogens with one attached hydrogen (secondary N) is 1. The third kappa shape index (κ3) is 5.93. The van der Waals surface area contributed by atoms with Gasteiger partial charge in [-0.25, -0.2) is 0 Å². The zero-order chi connectivity index (χ0) is 33.2. The Morgan fingerprint density at radius 3 is 2.34 bits per heavy atom. The zero-order valence-corrected chi connectivity index (χ0v) is 32.0. The second-order valence-corrected chi connectivity index (χ2v) is 21.1. The lowest BCUT2D eigenvalue weighted by Crippen LogP contribution is -2.64. The van der Waals surface area contributed by atoms with Crippen molar-refractivity contribution in [2.45, 2.75) is 148 Å². The number of hydrogen-bond donors (Lipinski definition) is 2. The van der Waals surface area contributed by atoms with Gasteiger partial charge in [0.1, 0.15) is 0 Å². The molecule has 47 heavy (non-hydrogen) atoms. The molecule has 0 bridgehead atoms. The molecule has 5 fully saturated rings. The molecule has 5 heteroatoms. The average Bonchev–Trinajstić information content (AvgIpc) is 3.46. The van der Waals surface area contributed by atoms with Crippen LogP contribution in [0, 0.1) is 51.2 Å². The van der Waals surface area contributed by atoms with E-state index in [0.717, 1.165) is 81.5 Å². The predicted molar refractivity (Wildman–Crippen MR) is 198 cm³/mol. The fraction of sp³-hybridized carbons (Fsp3) is 0.905. The number of piperidine rings is 1. The van der Waals surface area contributed by atoms with Crippen molar-refractivity contribution in [3.63, 3.8) is 0 Å². The number of allylic oxidation sites excluding steroid dienone is 4. The fourth-order valence-corrected chi connectivity index (χ4v) is 15.2. The highest BCUT2D eigenvalue weighted by Crippen LogP contribution is 2.72. The molecule has 1 aliphatic heterocycles. The summed E-state index contributed by atoms with van der Waals surface area (Å²) in [6.07, 6.45) is 28.1. The highest BCUT2D eigenvalue weighted by atomic mass is 32.2. The minimum Gasteiger partial charge on any atom is -0.396 e. The largest absolute Gasteiger partial charge is 0.396 e. The number of fused-ring (bicyclic) bond motifs is 7. The Hall–Kier alpha value is -0.490. The Bertz CT molecular complexity index is 1250. The number of aliphatic hydroxyl groups excluding tert-OH is 1. The molecule has 1 saturated heterocycles. The van der Waals surface area contributed by atoms with Crippen LogP contribution in [0.3, 0.4) is 0 Å². The Kier molecular flexibility index (Phi) is 9.61. The van der Waals surface area contributed by atoms with E-state index in [9.17, 15) is 9.32 Å².